The first-order valence-electron chi connectivity index (χ1n) is 8.40. The first kappa shape index (κ1) is 18.9. The fraction of sp³-hybridized carbons (Fsp3) is 0.143. The summed E-state index contributed by atoms with van der Waals surface area (Å²) < 4.78 is 0. The van der Waals surface area contributed by atoms with Gasteiger partial charge in [0, 0.05) is 42.5 Å². The highest BCUT2D eigenvalue weighted by molar-refractivity contribution is 6.31. The molecule has 0 amide bonds. The van der Waals surface area contributed by atoms with E-state index in [1.807, 2.05) is 73.6 Å². The summed E-state index contributed by atoms with van der Waals surface area (Å²) in [4.78, 5) is 12.8. The SMILES string of the molecule is CN(C)c1ccc(C(N)(c2ccccc2)c2cc([N+](=O)[O-])ccc2Cl)cc1. The van der Waals surface area contributed by atoms with Crippen molar-refractivity contribution in [2.75, 3.05) is 19.0 Å². The van der Waals surface area contributed by atoms with Gasteiger partial charge < -0.3 is 10.6 Å². The molecule has 1 atom stereocenters. The Kier molecular flexibility index (Phi) is 5.17. The normalized spacial score (nSPS) is 13.0. The van der Waals surface area contributed by atoms with Gasteiger partial charge in [0.05, 0.1) is 10.5 Å². The molecule has 6 heteroatoms. The molecule has 1 unspecified atom stereocenters. The molecule has 0 saturated heterocycles. The number of nitrogens with two attached hydrogens (primary N) is 1. The summed E-state index contributed by atoms with van der Waals surface area (Å²) in [6, 6.07) is 21.6. The van der Waals surface area contributed by atoms with Crippen LogP contribution in [0.5, 0.6) is 0 Å². The van der Waals surface area contributed by atoms with E-state index in [1.54, 1.807) is 0 Å². The van der Waals surface area contributed by atoms with Crippen LogP contribution in [0.4, 0.5) is 11.4 Å². The monoisotopic (exact) mass is 381 g/mol. The van der Waals surface area contributed by atoms with Gasteiger partial charge in [0.25, 0.3) is 5.69 Å². The average molecular weight is 382 g/mol. The average Bonchev–Trinajstić information content (AvgIpc) is 2.68. The molecule has 0 saturated carbocycles. The molecule has 0 aromatic heterocycles. The van der Waals surface area contributed by atoms with Crippen LogP contribution in [0.2, 0.25) is 5.02 Å². The van der Waals surface area contributed by atoms with Gasteiger partial charge in [-0.25, -0.2) is 0 Å². The second kappa shape index (κ2) is 7.39. The molecule has 0 heterocycles. The fourth-order valence-corrected chi connectivity index (χ4v) is 3.40. The van der Waals surface area contributed by atoms with Crippen molar-refractivity contribution in [3.8, 4) is 0 Å². The number of nitro benzene ring substituents is 1. The Morgan fingerprint density at radius 2 is 1.56 bits per heavy atom. The molecular formula is C21H20ClN3O2. The second-order valence-corrected chi connectivity index (χ2v) is 6.94. The van der Waals surface area contributed by atoms with E-state index in [-0.39, 0.29) is 5.69 Å². The summed E-state index contributed by atoms with van der Waals surface area (Å²) in [5, 5.41) is 11.7. The number of nitro groups is 1. The minimum Gasteiger partial charge on any atom is -0.378 e. The number of hydrogen-bond acceptors (Lipinski definition) is 4. The number of halogens is 1. The Labute approximate surface area is 163 Å². The molecule has 5 nitrogen and oxygen atoms in total. The topological polar surface area (TPSA) is 72.4 Å². The van der Waals surface area contributed by atoms with Crippen molar-refractivity contribution in [3.05, 3.63) is 105 Å². The lowest BCUT2D eigenvalue weighted by molar-refractivity contribution is -0.384. The lowest BCUT2D eigenvalue weighted by Gasteiger charge is -2.32. The molecule has 138 valence electrons. The van der Waals surface area contributed by atoms with Crippen molar-refractivity contribution in [1.29, 1.82) is 0 Å². The summed E-state index contributed by atoms with van der Waals surface area (Å²) in [7, 11) is 3.92. The molecule has 0 radical (unpaired) electrons. The molecule has 3 aromatic rings. The van der Waals surface area contributed by atoms with Crippen LogP contribution in [0.1, 0.15) is 16.7 Å². The first-order valence-corrected chi connectivity index (χ1v) is 8.78. The van der Waals surface area contributed by atoms with Crippen LogP contribution < -0.4 is 10.6 Å². The van der Waals surface area contributed by atoms with Crippen molar-refractivity contribution in [2.24, 2.45) is 5.73 Å². The molecule has 3 rings (SSSR count). The van der Waals surface area contributed by atoms with E-state index in [0.29, 0.717) is 10.6 Å². The lowest BCUT2D eigenvalue weighted by atomic mass is 9.77. The fourth-order valence-electron chi connectivity index (χ4n) is 3.13. The standard InChI is InChI=1S/C21H20ClN3O2/c1-24(2)17-10-8-16(9-11-17)21(23,15-6-4-3-5-7-15)19-14-18(25(26)27)12-13-20(19)22/h3-14H,23H2,1-2H3. The molecular weight excluding hydrogens is 362 g/mol. The number of rotatable bonds is 5. The van der Waals surface area contributed by atoms with Gasteiger partial charge in [0.1, 0.15) is 0 Å². The van der Waals surface area contributed by atoms with Gasteiger partial charge >= 0.3 is 0 Å². The number of benzene rings is 3. The highest BCUT2D eigenvalue weighted by Gasteiger charge is 2.35. The second-order valence-electron chi connectivity index (χ2n) is 6.54. The molecule has 0 bridgehead atoms. The van der Waals surface area contributed by atoms with Gasteiger partial charge in [-0.05, 0) is 29.3 Å². The van der Waals surface area contributed by atoms with Crippen molar-refractivity contribution >= 4 is 23.0 Å². The third kappa shape index (κ3) is 3.52. The third-order valence-corrected chi connectivity index (χ3v) is 4.98. The Bertz CT molecular complexity index is 959. The quantitative estimate of drug-likeness (QED) is 0.399. The van der Waals surface area contributed by atoms with Crippen LogP contribution in [0.25, 0.3) is 0 Å². The van der Waals surface area contributed by atoms with Crippen molar-refractivity contribution in [2.45, 2.75) is 5.54 Å². The Morgan fingerprint density at radius 1 is 0.963 bits per heavy atom. The van der Waals surface area contributed by atoms with E-state index in [0.717, 1.165) is 16.8 Å². The van der Waals surface area contributed by atoms with Gasteiger partial charge in [0.2, 0.25) is 0 Å². The largest absolute Gasteiger partial charge is 0.378 e. The maximum Gasteiger partial charge on any atom is 0.269 e. The molecule has 0 aliphatic rings. The summed E-state index contributed by atoms with van der Waals surface area (Å²) in [6.45, 7) is 0. The zero-order chi connectivity index (χ0) is 19.6. The number of nitrogens with zero attached hydrogens (tertiary/aromatic N) is 2. The van der Waals surface area contributed by atoms with Crippen LogP contribution >= 0.6 is 11.6 Å². The summed E-state index contributed by atoms with van der Waals surface area (Å²) >= 11 is 6.46. The molecule has 2 N–H and O–H groups in total. The minimum atomic E-state index is -1.13. The highest BCUT2D eigenvalue weighted by atomic mass is 35.5. The molecule has 27 heavy (non-hydrogen) atoms. The lowest BCUT2D eigenvalue weighted by Crippen LogP contribution is -2.39. The summed E-state index contributed by atoms with van der Waals surface area (Å²) in [5.74, 6) is 0. The van der Waals surface area contributed by atoms with Crippen molar-refractivity contribution in [3.63, 3.8) is 0 Å². The van der Waals surface area contributed by atoms with Gasteiger partial charge in [-0.1, -0.05) is 54.1 Å². The Balaban J connectivity index is 2.27. The van der Waals surface area contributed by atoms with Crippen LogP contribution in [0.3, 0.4) is 0 Å². The van der Waals surface area contributed by atoms with Crippen LogP contribution in [0, 0.1) is 10.1 Å². The zero-order valence-electron chi connectivity index (χ0n) is 15.1. The predicted octanol–water partition coefficient (Wildman–Crippen LogP) is 4.56. The van der Waals surface area contributed by atoms with E-state index >= 15 is 0 Å². The number of hydrogen-bond donors (Lipinski definition) is 1. The number of non-ortho nitro benzene ring substituents is 1. The van der Waals surface area contributed by atoms with E-state index in [2.05, 4.69) is 0 Å². The summed E-state index contributed by atoms with van der Waals surface area (Å²) in [5.41, 5.74) is 8.86. The van der Waals surface area contributed by atoms with Crippen LogP contribution in [-0.4, -0.2) is 19.0 Å². The molecule has 0 fully saturated rings. The van der Waals surface area contributed by atoms with E-state index < -0.39 is 10.5 Å². The molecule has 3 aromatic carbocycles. The van der Waals surface area contributed by atoms with Crippen molar-refractivity contribution in [1.82, 2.24) is 0 Å². The van der Waals surface area contributed by atoms with Gasteiger partial charge in [-0.15, -0.1) is 0 Å². The minimum absolute atomic E-state index is 0.0509. The van der Waals surface area contributed by atoms with Crippen LogP contribution in [-0.2, 0) is 5.54 Å². The van der Waals surface area contributed by atoms with Crippen molar-refractivity contribution < 1.29 is 4.92 Å². The predicted molar refractivity (Wildman–Crippen MR) is 109 cm³/mol. The Hall–Kier alpha value is -2.89. The molecule has 0 aliphatic carbocycles. The summed E-state index contributed by atoms with van der Waals surface area (Å²) in [6.07, 6.45) is 0. The van der Waals surface area contributed by atoms with E-state index in [9.17, 15) is 10.1 Å². The molecule has 0 spiro atoms. The van der Waals surface area contributed by atoms with E-state index in [4.69, 9.17) is 17.3 Å². The van der Waals surface area contributed by atoms with Crippen LogP contribution in [0.15, 0.2) is 72.8 Å². The zero-order valence-corrected chi connectivity index (χ0v) is 15.9. The molecule has 0 aliphatic heterocycles. The van der Waals surface area contributed by atoms with Gasteiger partial charge in [-0.3, -0.25) is 10.1 Å². The number of anilines is 1. The van der Waals surface area contributed by atoms with Gasteiger partial charge in [0.15, 0.2) is 0 Å². The highest BCUT2D eigenvalue weighted by Crippen LogP contribution is 2.39. The van der Waals surface area contributed by atoms with Gasteiger partial charge in [-0.2, -0.15) is 0 Å². The smallest absolute Gasteiger partial charge is 0.269 e. The Morgan fingerprint density at radius 3 is 2.11 bits per heavy atom. The third-order valence-electron chi connectivity index (χ3n) is 4.65. The maximum absolute atomic E-state index is 11.3. The van der Waals surface area contributed by atoms with E-state index in [1.165, 1.54) is 18.2 Å². The maximum atomic E-state index is 11.3. The first-order chi connectivity index (χ1) is 12.8.